The van der Waals surface area contributed by atoms with Crippen molar-refractivity contribution < 1.29 is 32.6 Å². The Balaban J connectivity index is 1.62. The highest BCUT2D eigenvalue weighted by Gasteiger charge is 2.29. The molecule has 0 saturated carbocycles. The molecule has 2 amide bonds. The first kappa shape index (κ1) is 25.8. The maximum absolute atomic E-state index is 12.5. The molecule has 2 aromatic rings. The van der Waals surface area contributed by atoms with Crippen molar-refractivity contribution in [3.05, 3.63) is 63.6 Å². The molecule has 0 aliphatic heterocycles. The summed E-state index contributed by atoms with van der Waals surface area (Å²) in [6.07, 6.45) is -5.50. The Labute approximate surface area is 192 Å². The van der Waals surface area contributed by atoms with E-state index in [4.69, 9.17) is 27.9 Å². The van der Waals surface area contributed by atoms with Crippen molar-refractivity contribution in [3.8, 4) is 5.75 Å². The highest BCUT2D eigenvalue weighted by Crippen LogP contribution is 2.29. The van der Waals surface area contributed by atoms with Gasteiger partial charge in [0.2, 0.25) is 5.91 Å². The number of amides is 2. The highest BCUT2D eigenvalue weighted by molar-refractivity contribution is 6.42. The summed E-state index contributed by atoms with van der Waals surface area (Å²) in [5.41, 5.74) is -0.275. The van der Waals surface area contributed by atoms with E-state index < -0.39 is 29.7 Å². The van der Waals surface area contributed by atoms with E-state index in [9.17, 15) is 27.9 Å². The van der Waals surface area contributed by atoms with Gasteiger partial charge in [0.25, 0.3) is 5.91 Å². The van der Waals surface area contributed by atoms with Gasteiger partial charge in [0.05, 0.1) is 28.1 Å². The molecule has 2 rings (SSSR count). The van der Waals surface area contributed by atoms with Gasteiger partial charge < -0.3 is 20.5 Å². The molecule has 1 atom stereocenters. The number of rotatable bonds is 10. The Morgan fingerprint density at radius 1 is 1.00 bits per heavy atom. The van der Waals surface area contributed by atoms with Crippen molar-refractivity contribution in [2.45, 2.75) is 31.7 Å². The molecule has 0 aliphatic rings. The Hall–Kier alpha value is -2.49. The molecular weight excluding hydrogens is 472 g/mol. The first-order chi connectivity index (χ1) is 15.0. The molecule has 0 bridgehead atoms. The lowest BCUT2D eigenvalue weighted by atomic mass is 10.1. The fourth-order valence-electron chi connectivity index (χ4n) is 2.55. The second-order valence-corrected chi connectivity index (χ2v) is 7.65. The van der Waals surface area contributed by atoms with Gasteiger partial charge in [0.1, 0.15) is 5.75 Å². The SMILES string of the molecule is O=C(COc1ccc(Cl)c(Cl)c1)NCCC(O)CC(=O)NCc1ccc(C(F)(F)F)cc1. The second-order valence-electron chi connectivity index (χ2n) is 6.83. The van der Waals surface area contributed by atoms with Crippen LogP contribution in [0.2, 0.25) is 10.0 Å². The van der Waals surface area contributed by atoms with Crippen molar-refractivity contribution >= 4 is 35.0 Å². The summed E-state index contributed by atoms with van der Waals surface area (Å²) in [5, 5.41) is 15.7. The van der Waals surface area contributed by atoms with Gasteiger partial charge in [-0.3, -0.25) is 9.59 Å². The monoisotopic (exact) mass is 492 g/mol. The summed E-state index contributed by atoms with van der Waals surface area (Å²) >= 11 is 11.6. The lowest BCUT2D eigenvalue weighted by Crippen LogP contribution is -2.33. The average Bonchev–Trinajstić information content (AvgIpc) is 2.72. The number of carbonyl (C=O) groups is 2. The van der Waals surface area contributed by atoms with E-state index in [1.54, 1.807) is 6.07 Å². The van der Waals surface area contributed by atoms with Crippen LogP contribution >= 0.6 is 23.2 Å². The molecule has 0 aromatic heterocycles. The van der Waals surface area contributed by atoms with Crippen molar-refractivity contribution in [2.75, 3.05) is 13.2 Å². The summed E-state index contributed by atoms with van der Waals surface area (Å²) in [4.78, 5) is 23.7. The van der Waals surface area contributed by atoms with Crippen molar-refractivity contribution in [3.63, 3.8) is 0 Å². The number of alkyl halides is 3. The van der Waals surface area contributed by atoms with Crippen LogP contribution in [0.3, 0.4) is 0 Å². The Morgan fingerprint density at radius 2 is 1.69 bits per heavy atom. The predicted molar refractivity (Wildman–Crippen MR) is 113 cm³/mol. The number of aliphatic hydroxyl groups excluding tert-OH is 1. The molecule has 0 fully saturated rings. The minimum Gasteiger partial charge on any atom is -0.484 e. The molecule has 0 radical (unpaired) electrons. The van der Waals surface area contributed by atoms with Crippen LogP contribution in [0.25, 0.3) is 0 Å². The van der Waals surface area contributed by atoms with Crippen LogP contribution < -0.4 is 15.4 Å². The number of nitrogens with one attached hydrogen (secondary N) is 2. The predicted octanol–water partition coefficient (Wildman–Crippen LogP) is 3.96. The minimum absolute atomic E-state index is 0.0342. The Bertz CT molecular complexity index is 924. The number of benzene rings is 2. The fourth-order valence-corrected chi connectivity index (χ4v) is 2.83. The topological polar surface area (TPSA) is 87.7 Å². The van der Waals surface area contributed by atoms with Crippen LogP contribution in [0.15, 0.2) is 42.5 Å². The molecule has 2 aromatic carbocycles. The molecule has 6 nitrogen and oxygen atoms in total. The molecule has 32 heavy (non-hydrogen) atoms. The number of aliphatic hydroxyl groups is 1. The van der Waals surface area contributed by atoms with Gasteiger partial charge in [-0.2, -0.15) is 13.2 Å². The maximum atomic E-state index is 12.5. The second kappa shape index (κ2) is 11.9. The molecule has 3 N–H and O–H groups in total. The molecule has 11 heteroatoms. The van der Waals surface area contributed by atoms with Crippen molar-refractivity contribution in [1.82, 2.24) is 10.6 Å². The zero-order valence-electron chi connectivity index (χ0n) is 16.7. The molecule has 0 spiro atoms. The lowest BCUT2D eigenvalue weighted by molar-refractivity contribution is -0.137. The first-order valence-electron chi connectivity index (χ1n) is 9.50. The lowest BCUT2D eigenvalue weighted by Gasteiger charge is -2.12. The molecule has 0 saturated heterocycles. The summed E-state index contributed by atoms with van der Waals surface area (Å²) in [7, 11) is 0. The number of carbonyl (C=O) groups excluding carboxylic acids is 2. The third-order valence-corrected chi connectivity index (χ3v) is 4.99. The van der Waals surface area contributed by atoms with Gasteiger partial charge in [-0.05, 0) is 36.2 Å². The van der Waals surface area contributed by atoms with Gasteiger partial charge in [0, 0.05) is 19.2 Å². The van der Waals surface area contributed by atoms with E-state index in [1.165, 1.54) is 24.3 Å². The molecule has 0 heterocycles. The third kappa shape index (κ3) is 8.94. The molecular formula is C21H21Cl2F3N2O4. The Kier molecular flexibility index (Phi) is 9.61. The highest BCUT2D eigenvalue weighted by atomic mass is 35.5. The van der Waals surface area contributed by atoms with Crippen LogP contribution in [0.1, 0.15) is 24.0 Å². The van der Waals surface area contributed by atoms with E-state index in [0.717, 1.165) is 12.1 Å². The van der Waals surface area contributed by atoms with Crippen LogP contribution in [0.5, 0.6) is 5.75 Å². The number of hydrogen-bond acceptors (Lipinski definition) is 4. The van der Waals surface area contributed by atoms with Gasteiger partial charge in [0.15, 0.2) is 6.61 Å². The smallest absolute Gasteiger partial charge is 0.416 e. The normalized spacial score (nSPS) is 12.2. The standard InChI is InChI=1S/C21H21Cl2F3N2O4/c22-17-6-5-16(10-18(17)23)32-12-20(31)27-8-7-15(29)9-19(30)28-11-13-1-3-14(4-2-13)21(24,25)26/h1-6,10,15,29H,7-9,11-12H2,(H,27,31)(H,28,30). The van der Waals surface area contributed by atoms with Gasteiger partial charge >= 0.3 is 6.18 Å². The van der Waals surface area contributed by atoms with E-state index in [2.05, 4.69) is 10.6 Å². The van der Waals surface area contributed by atoms with Crippen molar-refractivity contribution in [2.24, 2.45) is 0 Å². The van der Waals surface area contributed by atoms with E-state index in [-0.39, 0.29) is 32.5 Å². The van der Waals surface area contributed by atoms with E-state index in [1.807, 2.05) is 0 Å². The van der Waals surface area contributed by atoms with Gasteiger partial charge in [-0.15, -0.1) is 0 Å². The van der Waals surface area contributed by atoms with Gasteiger partial charge in [-0.25, -0.2) is 0 Å². The quantitative estimate of drug-likeness (QED) is 0.468. The third-order valence-electron chi connectivity index (χ3n) is 4.25. The summed E-state index contributed by atoms with van der Waals surface area (Å²) in [5.74, 6) is -0.513. The van der Waals surface area contributed by atoms with Crippen LogP contribution in [-0.2, 0) is 22.3 Å². The molecule has 174 valence electrons. The number of ether oxygens (including phenoxy) is 1. The molecule has 1 unspecified atom stereocenters. The van der Waals surface area contributed by atoms with E-state index >= 15 is 0 Å². The van der Waals surface area contributed by atoms with Crippen LogP contribution in [-0.4, -0.2) is 36.2 Å². The largest absolute Gasteiger partial charge is 0.484 e. The Morgan fingerprint density at radius 3 is 2.31 bits per heavy atom. The van der Waals surface area contributed by atoms with Crippen molar-refractivity contribution in [1.29, 1.82) is 0 Å². The number of hydrogen-bond donors (Lipinski definition) is 3. The van der Waals surface area contributed by atoms with Crippen LogP contribution in [0.4, 0.5) is 13.2 Å². The maximum Gasteiger partial charge on any atom is 0.416 e. The minimum atomic E-state index is -4.42. The summed E-state index contributed by atoms with van der Waals surface area (Å²) < 4.78 is 42.9. The van der Waals surface area contributed by atoms with Crippen LogP contribution in [0, 0.1) is 0 Å². The average molecular weight is 493 g/mol. The summed E-state index contributed by atoms with van der Waals surface area (Å²) in [6.45, 7) is -0.106. The summed E-state index contributed by atoms with van der Waals surface area (Å²) in [6, 6.07) is 8.99. The zero-order valence-corrected chi connectivity index (χ0v) is 18.2. The van der Waals surface area contributed by atoms with E-state index in [0.29, 0.717) is 21.4 Å². The van der Waals surface area contributed by atoms with Gasteiger partial charge in [-0.1, -0.05) is 35.3 Å². The fraction of sp³-hybridized carbons (Fsp3) is 0.333. The number of halogens is 5. The molecule has 0 aliphatic carbocycles. The first-order valence-corrected chi connectivity index (χ1v) is 10.3. The zero-order chi connectivity index (χ0) is 23.7.